The minimum absolute atomic E-state index is 0.141. The number of aliphatic imine (C=N–C) groups is 1. The summed E-state index contributed by atoms with van der Waals surface area (Å²) in [4.78, 5) is 8.40. The van der Waals surface area contributed by atoms with Gasteiger partial charge in [0, 0.05) is 38.1 Å². The molecule has 9 heteroatoms. The Bertz CT molecular complexity index is 673. The van der Waals surface area contributed by atoms with E-state index in [9.17, 15) is 13.5 Å². The molecule has 0 saturated carbocycles. The van der Waals surface area contributed by atoms with Gasteiger partial charge in [-0.2, -0.15) is 0 Å². The Morgan fingerprint density at radius 2 is 2.00 bits per heavy atom. The predicted octanol–water partition coefficient (Wildman–Crippen LogP) is 0.484. The van der Waals surface area contributed by atoms with Crippen molar-refractivity contribution >= 4 is 16.0 Å². The summed E-state index contributed by atoms with van der Waals surface area (Å²) in [6.45, 7) is 5.64. The van der Waals surface area contributed by atoms with Gasteiger partial charge in [0.15, 0.2) is 5.96 Å². The Morgan fingerprint density at radius 1 is 1.35 bits per heavy atom. The smallest absolute Gasteiger partial charge is 0.213 e. The van der Waals surface area contributed by atoms with Crippen molar-refractivity contribution in [3.8, 4) is 0 Å². The SMILES string of the molecule is CCNC(=NCC(O)c1ccncc1)NC1CCN(S(=O)(=O)CC)CC1. The fourth-order valence-corrected chi connectivity index (χ4v) is 3.98. The lowest BCUT2D eigenvalue weighted by molar-refractivity contribution is 0.187. The van der Waals surface area contributed by atoms with Gasteiger partial charge in [-0.05, 0) is 44.4 Å². The van der Waals surface area contributed by atoms with Gasteiger partial charge >= 0.3 is 0 Å². The summed E-state index contributed by atoms with van der Waals surface area (Å²) in [6.07, 6.45) is 4.06. The number of aliphatic hydroxyl groups excluding tert-OH is 1. The van der Waals surface area contributed by atoms with Gasteiger partial charge in [0.05, 0.1) is 18.4 Å². The number of rotatable bonds is 7. The molecule has 1 aromatic heterocycles. The summed E-state index contributed by atoms with van der Waals surface area (Å²) in [7, 11) is -3.11. The van der Waals surface area contributed by atoms with Gasteiger partial charge in [-0.1, -0.05) is 0 Å². The van der Waals surface area contributed by atoms with E-state index in [2.05, 4.69) is 20.6 Å². The summed E-state index contributed by atoms with van der Waals surface area (Å²) in [6, 6.07) is 3.70. The molecule has 0 aromatic carbocycles. The number of pyridine rings is 1. The maximum Gasteiger partial charge on any atom is 0.213 e. The average Bonchev–Trinajstić information content (AvgIpc) is 2.67. The molecule has 0 spiro atoms. The molecule has 2 heterocycles. The third-order valence-corrected chi connectivity index (χ3v) is 6.29. The summed E-state index contributed by atoms with van der Waals surface area (Å²) >= 11 is 0. The van der Waals surface area contributed by atoms with Crippen molar-refractivity contribution < 1.29 is 13.5 Å². The number of sulfonamides is 1. The van der Waals surface area contributed by atoms with E-state index < -0.39 is 16.1 Å². The molecule has 1 unspecified atom stereocenters. The van der Waals surface area contributed by atoms with Crippen LogP contribution in [0.3, 0.4) is 0 Å². The standard InChI is InChI=1S/C17H29N5O3S/c1-3-19-17(20-13-16(23)14-5-9-18-10-6-14)21-15-7-11-22(12-8-15)26(24,25)4-2/h5-6,9-10,15-16,23H,3-4,7-8,11-13H2,1-2H3,(H2,19,20,21). The molecule has 0 radical (unpaired) electrons. The molecule has 1 aliphatic rings. The molecule has 8 nitrogen and oxygen atoms in total. The Kier molecular flexibility index (Phi) is 7.80. The van der Waals surface area contributed by atoms with Crippen LogP contribution in [0.1, 0.15) is 38.4 Å². The first kappa shape index (κ1) is 20.6. The molecule has 0 aliphatic carbocycles. The number of hydrogen-bond donors (Lipinski definition) is 3. The molecule has 1 atom stereocenters. The average molecular weight is 384 g/mol. The Hall–Kier alpha value is -1.71. The van der Waals surface area contributed by atoms with Crippen LogP contribution in [0.5, 0.6) is 0 Å². The lowest BCUT2D eigenvalue weighted by Gasteiger charge is -2.32. The quantitative estimate of drug-likeness (QED) is 0.467. The zero-order valence-electron chi connectivity index (χ0n) is 15.4. The van der Waals surface area contributed by atoms with Gasteiger partial charge < -0.3 is 15.7 Å². The summed E-state index contributed by atoms with van der Waals surface area (Å²) in [5.41, 5.74) is 0.776. The fourth-order valence-electron chi connectivity index (χ4n) is 2.84. The maximum atomic E-state index is 11.9. The second-order valence-electron chi connectivity index (χ2n) is 6.23. The second-order valence-corrected chi connectivity index (χ2v) is 8.49. The molecule has 1 fully saturated rings. The Labute approximate surface area is 155 Å². The van der Waals surface area contributed by atoms with Crippen molar-refractivity contribution in [2.45, 2.75) is 38.8 Å². The largest absolute Gasteiger partial charge is 0.386 e. The number of aliphatic hydroxyl groups is 1. The molecule has 3 N–H and O–H groups in total. The third kappa shape index (κ3) is 5.93. The zero-order chi connectivity index (χ0) is 19.0. The van der Waals surface area contributed by atoms with Crippen molar-refractivity contribution in [2.24, 2.45) is 4.99 Å². The number of aromatic nitrogens is 1. The lowest BCUT2D eigenvalue weighted by atomic mass is 10.1. The van der Waals surface area contributed by atoms with Crippen LogP contribution in [0.15, 0.2) is 29.5 Å². The maximum absolute atomic E-state index is 11.9. The van der Waals surface area contributed by atoms with Gasteiger partial charge in [0.25, 0.3) is 0 Å². The van der Waals surface area contributed by atoms with E-state index in [1.807, 2.05) is 6.92 Å². The van der Waals surface area contributed by atoms with Crippen LogP contribution < -0.4 is 10.6 Å². The summed E-state index contributed by atoms with van der Waals surface area (Å²) < 4.78 is 25.4. The number of hydrogen-bond acceptors (Lipinski definition) is 5. The molecular formula is C17H29N5O3S. The van der Waals surface area contributed by atoms with E-state index in [1.165, 1.54) is 0 Å². The Balaban J connectivity index is 1.90. The van der Waals surface area contributed by atoms with Crippen LogP contribution in [-0.2, 0) is 10.0 Å². The van der Waals surface area contributed by atoms with Crippen LogP contribution >= 0.6 is 0 Å². The fraction of sp³-hybridized carbons (Fsp3) is 0.647. The molecule has 26 heavy (non-hydrogen) atoms. The van der Waals surface area contributed by atoms with E-state index in [0.29, 0.717) is 25.6 Å². The number of nitrogens with zero attached hydrogens (tertiary/aromatic N) is 3. The minimum atomic E-state index is -3.11. The molecule has 1 aliphatic heterocycles. The Morgan fingerprint density at radius 3 is 2.58 bits per heavy atom. The summed E-state index contributed by atoms with van der Waals surface area (Å²) in [5, 5.41) is 16.8. The van der Waals surface area contributed by atoms with Crippen molar-refractivity contribution in [1.82, 2.24) is 19.9 Å². The first-order valence-corrected chi connectivity index (χ1v) is 10.7. The van der Waals surface area contributed by atoms with E-state index >= 15 is 0 Å². The molecule has 0 amide bonds. The molecule has 1 aromatic rings. The van der Waals surface area contributed by atoms with Crippen molar-refractivity contribution in [3.63, 3.8) is 0 Å². The van der Waals surface area contributed by atoms with Gasteiger partial charge in [-0.25, -0.2) is 12.7 Å². The highest BCUT2D eigenvalue weighted by atomic mass is 32.2. The van der Waals surface area contributed by atoms with Crippen LogP contribution in [0.25, 0.3) is 0 Å². The zero-order valence-corrected chi connectivity index (χ0v) is 16.2. The van der Waals surface area contributed by atoms with Gasteiger partial charge in [0.1, 0.15) is 0 Å². The van der Waals surface area contributed by atoms with Gasteiger partial charge in [0.2, 0.25) is 10.0 Å². The van der Waals surface area contributed by atoms with E-state index in [4.69, 9.17) is 0 Å². The molecule has 0 bridgehead atoms. The topological polar surface area (TPSA) is 107 Å². The van der Waals surface area contributed by atoms with E-state index in [-0.39, 0.29) is 18.3 Å². The molecule has 146 valence electrons. The van der Waals surface area contributed by atoms with Crippen molar-refractivity contribution in [3.05, 3.63) is 30.1 Å². The monoisotopic (exact) mass is 383 g/mol. The molecular weight excluding hydrogens is 354 g/mol. The predicted molar refractivity (Wildman–Crippen MR) is 102 cm³/mol. The molecule has 1 saturated heterocycles. The summed E-state index contributed by atoms with van der Waals surface area (Å²) in [5.74, 6) is 0.777. The number of guanidine groups is 1. The van der Waals surface area contributed by atoms with Crippen LogP contribution in [0.2, 0.25) is 0 Å². The van der Waals surface area contributed by atoms with Gasteiger partial charge in [-0.3, -0.25) is 9.98 Å². The van der Waals surface area contributed by atoms with Crippen molar-refractivity contribution in [2.75, 3.05) is 31.9 Å². The van der Waals surface area contributed by atoms with E-state index in [0.717, 1.165) is 18.4 Å². The highest BCUT2D eigenvalue weighted by Crippen LogP contribution is 2.15. The van der Waals surface area contributed by atoms with Crippen LogP contribution in [0, 0.1) is 0 Å². The van der Waals surface area contributed by atoms with Gasteiger partial charge in [-0.15, -0.1) is 0 Å². The minimum Gasteiger partial charge on any atom is -0.386 e. The number of nitrogens with one attached hydrogen (secondary N) is 2. The number of piperidine rings is 1. The highest BCUT2D eigenvalue weighted by molar-refractivity contribution is 7.89. The lowest BCUT2D eigenvalue weighted by Crippen LogP contribution is -2.50. The van der Waals surface area contributed by atoms with Crippen LogP contribution in [-0.4, -0.2) is 66.7 Å². The van der Waals surface area contributed by atoms with E-state index in [1.54, 1.807) is 35.8 Å². The third-order valence-electron chi connectivity index (χ3n) is 4.41. The van der Waals surface area contributed by atoms with Crippen LogP contribution in [0.4, 0.5) is 0 Å². The first-order valence-electron chi connectivity index (χ1n) is 9.07. The normalized spacial score (nSPS) is 18.5. The highest BCUT2D eigenvalue weighted by Gasteiger charge is 2.27. The molecule has 2 rings (SSSR count). The first-order chi connectivity index (χ1) is 12.5. The second kappa shape index (κ2) is 9.84. The van der Waals surface area contributed by atoms with Crippen molar-refractivity contribution in [1.29, 1.82) is 0 Å².